The van der Waals surface area contributed by atoms with Crippen molar-refractivity contribution in [3.05, 3.63) is 35.4 Å². The molecule has 1 aromatic rings. The van der Waals surface area contributed by atoms with Crippen LogP contribution >= 0.6 is 24.2 Å². The van der Waals surface area contributed by atoms with Gasteiger partial charge in [0.2, 0.25) is 5.91 Å². The van der Waals surface area contributed by atoms with Crippen LogP contribution < -0.4 is 10.6 Å². The molecule has 100 valence electrons. The van der Waals surface area contributed by atoms with Crippen LogP contribution in [0, 0.1) is 6.92 Å². The highest BCUT2D eigenvalue weighted by Crippen LogP contribution is 2.10. The molecule has 3 nitrogen and oxygen atoms in total. The molecule has 0 aromatic heterocycles. The molecule has 0 radical (unpaired) electrons. The van der Waals surface area contributed by atoms with Crippen molar-refractivity contribution in [2.45, 2.75) is 19.4 Å². The van der Waals surface area contributed by atoms with Crippen LogP contribution in [0.2, 0.25) is 0 Å². The van der Waals surface area contributed by atoms with Crippen molar-refractivity contribution < 1.29 is 4.79 Å². The number of carbonyl (C=O) groups is 1. The van der Waals surface area contributed by atoms with Crippen molar-refractivity contribution in [2.75, 3.05) is 18.2 Å². The van der Waals surface area contributed by atoms with Gasteiger partial charge >= 0.3 is 0 Å². The van der Waals surface area contributed by atoms with E-state index in [2.05, 4.69) is 29.7 Å². The van der Waals surface area contributed by atoms with Crippen LogP contribution in [-0.2, 0) is 11.2 Å². The van der Waals surface area contributed by atoms with Crippen LogP contribution in [0.1, 0.15) is 11.1 Å². The Morgan fingerprint density at radius 2 is 2.28 bits per heavy atom. The number of halogens is 1. The molecule has 1 atom stereocenters. The Kier molecular flexibility index (Phi) is 6.54. The van der Waals surface area contributed by atoms with Crippen molar-refractivity contribution in [1.82, 2.24) is 10.6 Å². The van der Waals surface area contributed by atoms with Gasteiger partial charge in [-0.2, -0.15) is 0 Å². The van der Waals surface area contributed by atoms with Crippen molar-refractivity contribution in [2.24, 2.45) is 0 Å². The smallest absolute Gasteiger partial charge is 0.238 e. The Morgan fingerprint density at radius 3 is 2.94 bits per heavy atom. The molecule has 1 heterocycles. The highest BCUT2D eigenvalue weighted by molar-refractivity contribution is 7.99. The van der Waals surface area contributed by atoms with E-state index < -0.39 is 0 Å². The standard InChI is InChI=1S/C13H18N2OS.ClH/c1-10-4-2-3-5-11(10)6-7-14-13(16)12-8-17-9-15-12;/h2-5,12,15H,6-9H2,1H3,(H,14,16);1H. The molecule has 2 rings (SSSR count). The third-order valence-electron chi connectivity index (χ3n) is 2.99. The highest BCUT2D eigenvalue weighted by atomic mass is 35.5. The number of aryl methyl sites for hydroxylation is 1. The summed E-state index contributed by atoms with van der Waals surface area (Å²) in [6, 6.07) is 8.30. The largest absolute Gasteiger partial charge is 0.354 e. The van der Waals surface area contributed by atoms with Gasteiger partial charge < -0.3 is 5.32 Å². The Bertz CT molecular complexity index is 394. The predicted molar refractivity (Wildman–Crippen MR) is 79.4 cm³/mol. The summed E-state index contributed by atoms with van der Waals surface area (Å²) < 4.78 is 0. The summed E-state index contributed by atoms with van der Waals surface area (Å²) in [5, 5.41) is 6.15. The van der Waals surface area contributed by atoms with Crippen LogP contribution in [0.25, 0.3) is 0 Å². The second-order valence-corrected chi connectivity index (χ2v) is 5.27. The number of hydrogen-bond donors (Lipinski definition) is 2. The average Bonchev–Trinajstić information content (AvgIpc) is 2.85. The summed E-state index contributed by atoms with van der Waals surface area (Å²) in [6.07, 6.45) is 0.901. The van der Waals surface area contributed by atoms with E-state index in [0.717, 1.165) is 18.1 Å². The quantitative estimate of drug-likeness (QED) is 0.886. The van der Waals surface area contributed by atoms with E-state index >= 15 is 0 Å². The lowest BCUT2D eigenvalue weighted by molar-refractivity contribution is -0.122. The fraction of sp³-hybridized carbons (Fsp3) is 0.462. The van der Waals surface area contributed by atoms with E-state index in [-0.39, 0.29) is 24.4 Å². The molecule has 1 aromatic carbocycles. The van der Waals surface area contributed by atoms with Crippen molar-refractivity contribution in [3.8, 4) is 0 Å². The normalized spacial score (nSPS) is 18.2. The molecule has 0 aliphatic carbocycles. The average molecular weight is 287 g/mol. The molecule has 1 unspecified atom stereocenters. The Labute approximate surface area is 119 Å². The zero-order chi connectivity index (χ0) is 12.1. The van der Waals surface area contributed by atoms with Crippen LogP contribution in [0.4, 0.5) is 0 Å². The van der Waals surface area contributed by atoms with Gasteiger partial charge in [0.25, 0.3) is 0 Å². The van der Waals surface area contributed by atoms with Crippen molar-refractivity contribution >= 4 is 30.1 Å². The van der Waals surface area contributed by atoms with E-state index in [1.807, 2.05) is 12.1 Å². The number of benzene rings is 1. The third-order valence-corrected chi connectivity index (χ3v) is 3.93. The van der Waals surface area contributed by atoms with Crippen LogP contribution in [0.5, 0.6) is 0 Å². The van der Waals surface area contributed by atoms with Gasteiger partial charge in [0.1, 0.15) is 0 Å². The summed E-state index contributed by atoms with van der Waals surface area (Å²) in [5.41, 5.74) is 2.60. The SMILES string of the molecule is Cc1ccccc1CCNC(=O)C1CSCN1.Cl. The molecule has 18 heavy (non-hydrogen) atoms. The fourth-order valence-corrected chi connectivity index (χ4v) is 2.84. The molecule has 1 aliphatic rings. The van der Waals surface area contributed by atoms with Gasteiger partial charge in [-0.05, 0) is 24.5 Å². The van der Waals surface area contributed by atoms with E-state index in [9.17, 15) is 4.79 Å². The third kappa shape index (κ3) is 4.19. The highest BCUT2D eigenvalue weighted by Gasteiger charge is 2.21. The van der Waals surface area contributed by atoms with E-state index in [1.165, 1.54) is 11.1 Å². The van der Waals surface area contributed by atoms with Gasteiger partial charge in [0.15, 0.2) is 0 Å². The second-order valence-electron chi connectivity index (χ2n) is 4.24. The number of hydrogen-bond acceptors (Lipinski definition) is 3. The zero-order valence-corrected chi connectivity index (χ0v) is 12.1. The number of carbonyl (C=O) groups excluding carboxylic acids is 1. The van der Waals surface area contributed by atoms with Gasteiger partial charge in [0.05, 0.1) is 6.04 Å². The van der Waals surface area contributed by atoms with Gasteiger partial charge in [-0.15, -0.1) is 24.2 Å². The van der Waals surface area contributed by atoms with Crippen molar-refractivity contribution in [1.29, 1.82) is 0 Å². The molecule has 0 bridgehead atoms. The summed E-state index contributed by atoms with van der Waals surface area (Å²) in [4.78, 5) is 11.7. The number of thioether (sulfide) groups is 1. The topological polar surface area (TPSA) is 41.1 Å². The minimum atomic E-state index is -0.00290. The first-order valence-corrected chi connectivity index (χ1v) is 7.06. The summed E-state index contributed by atoms with van der Waals surface area (Å²) in [7, 11) is 0. The molecule has 1 amide bonds. The van der Waals surface area contributed by atoms with E-state index in [0.29, 0.717) is 6.54 Å². The maximum absolute atomic E-state index is 11.7. The maximum Gasteiger partial charge on any atom is 0.238 e. The van der Waals surface area contributed by atoms with E-state index in [1.54, 1.807) is 11.8 Å². The minimum absolute atomic E-state index is 0. The molecular weight excluding hydrogens is 268 g/mol. The lowest BCUT2D eigenvalue weighted by atomic mass is 10.1. The molecule has 1 fully saturated rings. The molecule has 2 N–H and O–H groups in total. The number of nitrogens with one attached hydrogen (secondary N) is 2. The van der Waals surface area contributed by atoms with E-state index in [4.69, 9.17) is 0 Å². The van der Waals surface area contributed by atoms with Crippen LogP contribution in [0.3, 0.4) is 0 Å². The minimum Gasteiger partial charge on any atom is -0.354 e. The fourth-order valence-electron chi connectivity index (χ4n) is 1.90. The monoisotopic (exact) mass is 286 g/mol. The summed E-state index contributed by atoms with van der Waals surface area (Å²) >= 11 is 1.77. The van der Waals surface area contributed by atoms with Gasteiger partial charge in [-0.25, -0.2) is 0 Å². The van der Waals surface area contributed by atoms with Crippen LogP contribution in [0.15, 0.2) is 24.3 Å². The lowest BCUT2D eigenvalue weighted by Crippen LogP contribution is -2.42. The molecule has 5 heteroatoms. The molecule has 0 saturated carbocycles. The van der Waals surface area contributed by atoms with Gasteiger partial charge in [-0.1, -0.05) is 24.3 Å². The molecule has 1 saturated heterocycles. The Morgan fingerprint density at radius 1 is 1.50 bits per heavy atom. The zero-order valence-electron chi connectivity index (χ0n) is 10.4. The molecule has 1 aliphatic heterocycles. The first-order valence-electron chi connectivity index (χ1n) is 5.91. The number of amides is 1. The maximum atomic E-state index is 11.7. The molecule has 0 spiro atoms. The first kappa shape index (κ1) is 15.3. The van der Waals surface area contributed by atoms with Crippen molar-refractivity contribution in [3.63, 3.8) is 0 Å². The first-order chi connectivity index (χ1) is 8.27. The Hall–Kier alpha value is -0.710. The number of rotatable bonds is 4. The Balaban J connectivity index is 0.00000162. The summed E-state index contributed by atoms with van der Waals surface area (Å²) in [5.74, 6) is 1.90. The summed E-state index contributed by atoms with van der Waals surface area (Å²) in [6.45, 7) is 2.82. The predicted octanol–water partition coefficient (Wildman–Crippen LogP) is 1.74. The molecular formula is C13H19ClN2OS. The van der Waals surface area contributed by atoms with Crippen LogP contribution in [-0.4, -0.2) is 30.1 Å². The lowest BCUT2D eigenvalue weighted by Gasteiger charge is -2.11. The second kappa shape index (κ2) is 7.67. The van der Waals surface area contributed by atoms with Gasteiger partial charge in [-0.3, -0.25) is 10.1 Å². The van der Waals surface area contributed by atoms with Gasteiger partial charge in [0, 0.05) is 18.2 Å².